The Morgan fingerprint density at radius 1 is 1.36 bits per heavy atom. The Kier molecular flexibility index (Phi) is 4.21. The van der Waals surface area contributed by atoms with E-state index in [2.05, 4.69) is 49.0 Å². The van der Waals surface area contributed by atoms with E-state index >= 15 is 0 Å². The van der Waals surface area contributed by atoms with Gasteiger partial charge in [-0.25, -0.2) is 0 Å². The molecular weight excluding hydrogens is 276 g/mol. The summed E-state index contributed by atoms with van der Waals surface area (Å²) in [4.78, 5) is 2.44. The van der Waals surface area contributed by atoms with E-state index in [4.69, 9.17) is 9.26 Å². The van der Waals surface area contributed by atoms with Gasteiger partial charge in [-0.15, -0.1) is 0 Å². The molecule has 0 saturated heterocycles. The largest absolute Gasteiger partial charge is 0.497 e. The van der Waals surface area contributed by atoms with Gasteiger partial charge in [0, 0.05) is 18.7 Å². The number of fused-ring (bicyclic) bond motifs is 1. The quantitative estimate of drug-likeness (QED) is 0.857. The molecule has 2 heterocycles. The molecule has 4 nitrogen and oxygen atoms in total. The molecule has 1 aliphatic heterocycles. The van der Waals surface area contributed by atoms with Gasteiger partial charge in [-0.2, -0.15) is 0 Å². The van der Waals surface area contributed by atoms with Crippen molar-refractivity contribution in [3.63, 3.8) is 0 Å². The lowest BCUT2D eigenvalue weighted by molar-refractivity contribution is 0.168. The van der Waals surface area contributed by atoms with Crippen LogP contribution in [0.1, 0.15) is 55.3 Å². The van der Waals surface area contributed by atoms with Crippen LogP contribution in [0.25, 0.3) is 0 Å². The Bertz CT molecular complexity index is 648. The third kappa shape index (κ3) is 2.88. The number of aromatic nitrogens is 1. The molecule has 1 aromatic heterocycles. The van der Waals surface area contributed by atoms with Crippen molar-refractivity contribution in [2.24, 2.45) is 0 Å². The number of benzene rings is 1. The maximum atomic E-state index is 5.49. The van der Waals surface area contributed by atoms with Crippen LogP contribution in [0.3, 0.4) is 0 Å². The molecule has 0 aliphatic carbocycles. The molecule has 4 heteroatoms. The highest BCUT2D eigenvalue weighted by atomic mass is 16.5. The number of hydrogen-bond donors (Lipinski definition) is 0. The van der Waals surface area contributed by atoms with E-state index < -0.39 is 0 Å². The Labute approximate surface area is 132 Å². The molecule has 1 aromatic carbocycles. The van der Waals surface area contributed by atoms with Gasteiger partial charge in [0.05, 0.1) is 19.3 Å². The molecule has 0 radical (unpaired) electrons. The van der Waals surface area contributed by atoms with Crippen LogP contribution in [0.4, 0.5) is 0 Å². The van der Waals surface area contributed by atoms with Crippen molar-refractivity contribution in [3.8, 4) is 5.75 Å². The van der Waals surface area contributed by atoms with Crippen molar-refractivity contribution in [2.45, 2.75) is 45.7 Å². The van der Waals surface area contributed by atoms with Crippen LogP contribution in [0.15, 0.2) is 28.8 Å². The summed E-state index contributed by atoms with van der Waals surface area (Å²) in [5, 5.41) is 4.16. The molecule has 0 saturated carbocycles. The van der Waals surface area contributed by atoms with Gasteiger partial charge >= 0.3 is 0 Å². The first-order valence-electron chi connectivity index (χ1n) is 7.95. The Morgan fingerprint density at radius 2 is 2.18 bits per heavy atom. The van der Waals surface area contributed by atoms with Crippen molar-refractivity contribution in [1.82, 2.24) is 10.1 Å². The number of methoxy groups -OCH3 is 1. The number of rotatable bonds is 4. The number of hydrogen-bond acceptors (Lipinski definition) is 4. The molecule has 1 aliphatic rings. The first-order chi connectivity index (χ1) is 10.6. The molecule has 1 atom stereocenters. The first-order valence-corrected chi connectivity index (χ1v) is 7.95. The monoisotopic (exact) mass is 300 g/mol. The van der Waals surface area contributed by atoms with Crippen molar-refractivity contribution in [3.05, 3.63) is 46.8 Å². The number of nitrogens with zero attached hydrogens (tertiary/aromatic N) is 2. The van der Waals surface area contributed by atoms with Crippen LogP contribution in [0.5, 0.6) is 5.75 Å². The summed E-state index contributed by atoms with van der Waals surface area (Å²) in [5.41, 5.74) is 3.81. The molecule has 118 valence electrons. The summed E-state index contributed by atoms with van der Waals surface area (Å²) in [6.07, 6.45) is 1.06. The summed E-state index contributed by atoms with van der Waals surface area (Å²) in [6, 6.07) is 8.83. The van der Waals surface area contributed by atoms with Gasteiger partial charge in [0.25, 0.3) is 0 Å². The lowest BCUT2D eigenvalue weighted by Crippen LogP contribution is -2.33. The van der Waals surface area contributed by atoms with E-state index in [1.54, 1.807) is 7.11 Å². The van der Waals surface area contributed by atoms with Crippen LogP contribution in [-0.2, 0) is 13.0 Å². The maximum Gasteiger partial charge on any atom is 0.151 e. The van der Waals surface area contributed by atoms with Gasteiger partial charge in [0.15, 0.2) is 5.76 Å². The third-order valence-corrected chi connectivity index (χ3v) is 4.55. The van der Waals surface area contributed by atoms with Crippen LogP contribution < -0.4 is 4.74 Å². The summed E-state index contributed by atoms with van der Waals surface area (Å²) >= 11 is 0. The highest BCUT2D eigenvalue weighted by Crippen LogP contribution is 2.33. The van der Waals surface area contributed by atoms with Crippen molar-refractivity contribution in [1.29, 1.82) is 0 Å². The van der Waals surface area contributed by atoms with Crippen molar-refractivity contribution >= 4 is 0 Å². The van der Waals surface area contributed by atoms with Gasteiger partial charge < -0.3 is 9.26 Å². The van der Waals surface area contributed by atoms with E-state index in [1.165, 1.54) is 11.1 Å². The predicted octanol–water partition coefficient (Wildman–Crippen LogP) is 3.93. The zero-order valence-corrected chi connectivity index (χ0v) is 13.8. The second-order valence-corrected chi connectivity index (χ2v) is 6.33. The first kappa shape index (κ1) is 15.1. The SMILES string of the molecule is COc1ccc2c(c1)C(C)N(Cc1cc(C(C)C)no1)CC2. The minimum absolute atomic E-state index is 0.353. The Morgan fingerprint density at radius 3 is 2.86 bits per heavy atom. The third-order valence-electron chi connectivity index (χ3n) is 4.55. The lowest BCUT2D eigenvalue weighted by atomic mass is 9.93. The molecule has 22 heavy (non-hydrogen) atoms. The van der Waals surface area contributed by atoms with Gasteiger partial charge in [0.1, 0.15) is 5.75 Å². The zero-order chi connectivity index (χ0) is 15.7. The number of ether oxygens (including phenoxy) is 1. The normalized spacial score (nSPS) is 18.5. The minimum atomic E-state index is 0.353. The molecule has 0 fully saturated rings. The molecule has 0 N–H and O–H groups in total. The molecule has 3 rings (SSSR count). The average Bonchev–Trinajstić information content (AvgIpc) is 2.99. The topological polar surface area (TPSA) is 38.5 Å². The van der Waals surface area contributed by atoms with Gasteiger partial charge in [0.2, 0.25) is 0 Å². The fourth-order valence-corrected chi connectivity index (χ4v) is 3.06. The van der Waals surface area contributed by atoms with Crippen molar-refractivity contribution in [2.75, 3.05) is 13.7 Å². The van der Waals surface area contributed by atoms with Gasteiger partial charge in [-0.1, -0.05) is 25.1 Å². The Balaban J connectivity index is 1.78. The van der Waals surface area contributed by atoms with Gasteiger partial charge in [-0.05, 0) is 42.5 Å². The zero-order valence-electron chi connectivity index (χ0n) is 13.8. The fraction of sp³-hybridized carbons (Fsp3) is 0.500. The second-order valence-electron chi connectivity index (χ2n) is 6.33. The lowest BCUT2D eigenvalue weighted by Gasteiger charge is -2.34. The second kappa shape index (κ2) is 6.13. The summed E-state index contributed by atoms with van der Waals surface area (Å²) in [6.45, 7) is 8.36. The molecule has 1 unspecified atom stereocenters. The van der Waals surface area contributed by atoms with E-state index in [0.717, 1.165) is 36.7 Å². The maximum absolute atomic E-state index is 5.49. The standard InChI is InChI=1S/C18H24N2O2/c1-12(2)18-10-16(22-19-18)11-20-8-7-14-5-6-15(21-4)9-17(14)13(20)3/h5-6,9-10,12-13H,7-8,11H2,1-4H3. The van der Waals surface area contributed by atoms with Gasteiger partial charge in [-0.3, -0.25) is 4.90 Å². The predicted molar refractivity (Wildman–Crippen MR) is 86.1 cm³/mol. The summed E-state index contributed by atoms with van der Waals surface area (Å²) < 4.78 is 10.9. The van der Waals surface area contributed by atoms with Crippen molar-refractivity contribution < 1.29 is 9.26 Å². The minimum Gasteiger partial charge on any atom is -0.497 e. The molecular formula is C18H24N2O2. The molecule has 0 spiro atoms. The smallest absolute Gasteiger partial charge is 0.151 e. The summed E-state index contributed by atoms with van der Waals surface area (Å²) in [7, 11) is 1.72. The fourth-order valence-electron chi connectivity index (χ4n) is 3.06. The average molecular weight is 300 g/mol. The van der Waals surface area contributed by atoms with E-state index in [9.17, 15) is 0 Å². The van der Waals surface area contributed by atoms with Crippen LogP contribution in [0, 0.1) is 0 Å². The van der Waals surface area contributed by atoms with E-state index in [0.29, 0.717) is 12.0 Å². The highest BCUT2D eigenvalue weighted by Gasteiger charge is 2.25. The van der Waals surface area contributed by atoms with Crippen LogP contribution in [0.2, 0.25) is 0 Å². The van der Waals surface area contributed by atoms with Crippen LogP contribution in [-0.4, -0.2) is 23.7 Å². The van der Waals surface area contributed by atoms with E-state index in [-0.39, 0.29) is 0 Å². The molecule has 0 amide bonds. The summed E-state index contributed by atoms with van der Waals surface area (Å²) in [5.74, 6) is 2.28. The highest BCUT2D eigenvalue weighted by molar-refractivity contribution is 5.39. The Hall–Kier alpha value is -1.81. The molecule has 0 bridgehead atoms. The molecule has 2 aromatic rings. The van der Waals surface area contributed by atoms with Crippen LogP contribution >= 0.6 is 0 Å². The van der Waals surface area contributed by atoms with E-state index in [1.807, 2.05) is 6.07 Å².